The number of rotatable bonds is 9. The van der Waals surface area contributed by atoms with Crippen molar-refractivity contribution in [3.05, 3.63) is 0 Å². The van der Waals surface area contributed by atoms with Gasteiger partial charge in [0.15, 0.2) is 21.8 Å². The summed E-state index contributed by atoms with van der Waals surface area (Å²) in [5.41, 5.74) is 0. The molecule has 10 nitrogen and oxygen atoms in total. The lowest BCUT2D eigenvalue weighted by atomic mass is 11.8. The molecule has 0 aromatic rings. The highest BCUT2D eigenvalue weighted by Gasteiger charge is 2.42. The molecule has 0 aliphatic heterocycles. The van der Waals surface area contributed by atoms with Gasteiger partial charge in [-0.25, -0.2) is 14.1 Å². The van der Waals surface area contributed by atoms with E-state index in [4.69, 9.17) is 0 Å². The predicted molar refractivity (Wildman–Crippen MR) is 80.8 cm³/mol. The third kappa shape index (κ3) is 15.5. The van der Waals surface area contributed by atoms with Gasteiger partial charge in [-0.15, -0.1) is 0 Å². The van der Waals surface area contributed by atoms with Gasteiger partial charge in [-0.2, -0.15) is 0 Å². The van der Waals surface area contributed by atoms with Gasteiger partial charge in [0.25, 0.3) is 0 Å². The zero-order chi connectivity index (χ0) is 17.1. The van der Waals surface area contributed by atoms with E-state index in [1.165, 1.54) is 41.3 Å². The summed E-state index contributed by atoms with van der Waals surface area (Å²) in [6.45, 7) is 3.81. The molecule has 0 saturated carbocycles. The van der Waals surface area contributed by atoms with Gasteiger partial charge in [0.2, 0.25) is 0 Å². The monoisotopic (exact) mass is 406 g/mol. The quantitative estimate of drug-likeness (QED) is 0.313. The summed E-state index contributed by atoms with van der Waals surface area (Å²) in [6.07, 6.45) is 0. The molecule has 0 radical (unpaired) electrons. The van der Waals surface area contributed by atoms with E-state index in [0.29, 0.717) is 0 Å². The molecule has 0 aliphatic rings. The van der Waals surface area contributed by atoms with Crippen LogP contribution < -0.4 is 0 Å². The summed E-state index contributed by atoms with van der Waals surface area (Å²) in [5, 5.41) is 0. The first kappa shape index (κ1) is 24.1. The SMILES string of the molecule is COOPP(=O)(O[P+](C)=O)O[P+](C)=O.COP(C)(=O)OC. The van der Waals surface area contributed by atoms with Crippen LogP contribution in [0.4, 0.5) is 0 Å². The molecule has 0 heterocycles. The molecule has 3 atom stereocenters. The van der Waals surface area contributed by atoms with Crippen LogP contribution in [0, 0.1) is 0 Å². The molecule has 0 saturated heterocycles. The lowest BCUT2D eigenvalue weighted by Crippen LogP contribution is -1.82. The van der Waals surface area contributed by atoms with E-state index in [9.17, 15) is 18.3 Å². The molecular formula is C6H19O10P5+2. The maximum absolute atomic E-state index is 11.6. The highest BCUT2D eigenvalue weighted by molar-refractivity contribution is 8.20. The van der Waals surface area contributed by atoms with Crippen molar-refractivity contribution >= 4 is 39.4 Å². The standard InChI is InChI=1S/C3H10O7P4.C3H9O3P/c1-7-8-11-14(6,9-12(2)4)10-13(3)5;1-5-7(3,4)6-2/h11H,1-3H3;1-3H3/q+2;. The zero-order valence-corrected chi connectivity index (χ0v) is 16.9. The van der Waals surface area contributed by atoms with Crippen LogP contribution in [-0.2, 0) is 45.5 Å². The van der Waals surface area contributed by atoms with Crippen molar-refractivity contribution in [1.82, 2.24) is 0 Å². The van der Waals surface area contributed by atoms with Crippen molar-refractivity contribution in [2.75, 3.05) is 41.3 Å². The number of hydrogen-bond acceptors (Lipinski definition) is 10. The summed E-state index contributed by atoms with van der Waals surface area (Å²) >= 11 is 0. The normalized spacial score (nSPS) is 16.1. The lowest BCUT2D eigenvalue weighted by molar-refractivity contribution is -0.164. The summed E-state index contributed by atoms with van der Waals surface area (Å²) in [7, 11) is -7.56. The van der Waals surface area contributed by atoms with Crippen LogP contribution in [0.5, 0.6) is 0 Å². The third-order valence-electron chi connectivity index (χ3n) is 1.34. The smallest absolute Gasteiger partial charge is 0.312 e. The molecular weight excluding hydrogens is 387 g/mol. The Morgan fingerprint density at radius 3 is 1.48 bits per heavy atom. The minimum atomic E-state index is -3.73. The fourth-order valence-electron chi connectivity index (χ4n) is 0.508. The van der Waals surface area contributed by atoms with E-state index < -0.39 is 39.4 Å². The maximum Gasteiger partial charge on any atom is 0.514 e. The summed E-state index contributed by atoms with van der Waals surface area (Å²) < 4.78 is 65.7. The Kier molecular flexibility index (Phi) is 14.1. The first-order valence-electron chi connectivity index (χ1n) is 4.99. The molecule has 21 heavy (non-hydrogen) atoms. The summed E-state index contributed by atoms with van der Waals surface area (Å²) in [6, 6.07) is 0. The van der Waals surface area contributed by atoms with Crippen LogP contribution in [0.15, 0.2) is 0 Å². The van der Waals surface area contributed by atoms with Crippen LogP contribution in [0.1, 0.15) is 0 Å². The van der Waals surface area contributed by atoms with Crippen LogP contribution in [0.2, 0.25) is 0 Å². The van der Waals surface area contributed by atoms with Gasteiger partial charge >= 0.3 is 30.9 Å². The van der Waals surface area contributed by atoms with E-state index in [0.717, 1.165) is 0 Å². The third-order valence-corrected chi connectivity index (χ3v) is 9.06. The average Bonchev–Trinajstić information content (AvgIpc) is 2.35. The molecule has 0 aromatic heterocycles. The fourth-order valence-corrected chi connectivity index (χ4v) is 7.07. The van der Waals surface area contributed by atoms with E-state index in [2.05, 4.69) is 27.2 Å². The Balaban J connectivity index is 0. The zero-order valence-electron chi connectivity index (χ0n) is 12.4. The van der Waals surface area contributed by atoms with E-state index in [-0.39, 0.29) is 0 Å². The summed E-state index contributed by atoms with van der Waals surface area (Å²) in [5.74, 6) is 0. The highest BCUT2D eigenvalue weighted by atomic mass is 32.1. The molecule has 0 bridgehead atoms. The van der Waals surface area contributed by atoms with Crippen LogP contribution in [-0.4, -0.2) is 41.3 Å². The second kappa shape index (κ2) is 12.3. The molecule has 0 aromatic carbocycles. The Labute approximate surface area is 127 Å². The largest absolute Gasteiger partial charge is 0.514 e. The van der Waals surface area contributed by atoms with Crippen molar-refractivity contribution in [2.24, 2.45) is 0 Å². The molecule has 0 fully saturated rings. The minimum absolute atomic E-state index is 0.817. The fraction of sp³-hybridized carbons (Fsp3) is 1.00. The molecule has 0 rings (SSSR count). The van der Waals surface area contributed by atoms with Gasteiger partial charge in [-0.05, 0) is 17.8 Å². The van der Waals surface area contributed by atoms with Gasteiger partial charge in [-0.3, -0.25) is 4.57 Å². The molecule has 0 spiro atoms. The number of hydrogen-bond donors (Lipinski definition) is 0. The van der Waals surface area contributed by atoms with E-state index in [1.54, 1.807) is 0 Å². The topological polar surface area (TPSA) is 124 Å². The second-order valence-electron chi connectivity index (χ2n) is 3.02. The second-order valence-corrected chi connectivity index (χ2v) is 11.9. The molecule has 0 N–H and O–H groups in total. The van der Waals surface area contributed by atoms with Crippen LogP contribution in [0.25, 0.3) is 0 Å². The predicted octanol–water partition coefficient (Wildman–Crippen LogP) is 4.15. The maximum atomic E-state index is 11.6. The first-order chi connectivity index (χ1) is 9.51. The first-order valence-corrected chi connectivity index (χ1v) is 13.5. The van der Waals surface area contributed by atoms with Crippen LogP contribution in [0.3, 0.4) is 0 Å². The molecule has 15 heteroatoms. The minimum Gasteiger partial charge on any atom is -0.312 e. The van der Waals surface area contributed by atoms with Gasteiger partial charge in [-0.1, -0.05) is 0 Å². The van der Waals surface area contributed by atoms with Crippen molar-refractivity contribution in [3.8, 4) is 0 Å². The Bertz CT molecular complexity index is 396. The highest BCUT2D eigenvalue weighted by Crippen LogP contribution is 2.72. The molecule has 126 valence electrons. The van der Waals surface area contributed by atoms with Gasteiger partial charge in [0.05, 0.1) is 7.11 Å². The molecule has 0 amide bonds. The van der Waals surface area contributed by atoms with Gasteiger partial charge in [0, 0.05) is 20.9 Å². The van der Waals surface area contributed by atoms with Crippen molar-refractivity contribution in [1.29, 1.82) is 0 Å². The Morgan fingerprint density at radius 1 is 0.905 bits per heavy atom. The molecule has 3 unspecified atom stereocenters. The Morgan fingerprint density at radius 2 is 1.29 bits per heavy atom. The van der Waals surface area contributed by atoms with Gasteiger partial charge < -0.3 is 9.05 Å². The average molecular weight is 406 g/mol. The van der Waals surface area contributed by atoms with Crippen molar-refractivity contribution in [3.63, 3.8) is 0 Å². The Hall–Kier alpha value is 0.850. The van der Waals surface area contributed by atoms with Gasteiger partial charge in [0.1, 0.15) is 0 Å². The van der Waals surface area contributed by atoms with Crippen molar-refractivity contribution < 1.29 is 45.5 Å². The van der Waals surface area contributed by atoms with Crippen LogP contribution >= 0.6 is 39.4 Å². The van der Waals surface area contributed by atoms with E-state index >= 15 is 0 Å². The van der Waals surface area contributed by atoms with E-state index in [1.807, 2.05) is 0 Å². The lowest BCUT2D eigenvalue weighted by Gasteiger charge is -2.04. The van der Waals surface area contributed by atoms with Crippen molar-refractivity contribution in [2.45, 2.75) is 0 Å². The molecule has 0 aliphatic carbocycles. The summed E-state index contributed by atoms with van der Waals surface area (Å²) in [4.78, 5) is 4.19.